The van der Waals surface area contributed by atoms with Gasteiger partial charge in [0, 0.05) is 16.6 Å². The van der Waals surface area contributed by atoms with Crippen molar-refractivity contribution in [3.63, 3.8) is 0 Å². The molecule has 1 N–H and O–H groups in total. The number of carbonyl (C=O) groups excluding carboxylic acids is 1. The fourth-order valence-electron chi connectivity index (χ4n) is 2.73. The van der Waals surface area contributed by atoms with Gasteiger partial charge in [-0.05, 0) is 49.3 Å². The summed E-state index contributed by atoms with van der Waals surface area (Å²) in [6, 6.07) is 6.27. The molecule has 0 amide bonds. The number of ether oxygens (including phenoxy) is 1. The quantitative estimate of drug-likeness (QED) is 0.807. The zero-order chi connectivity index (χ0) is 16.8. The lowest BCUT2D eigenvalue weighted by atomic mass is 9.89. The normalized spacial score (nSPS) is 22.3. The Labute approximate surface area is 138 Å². The average Bonchev–Trinajstić information content (AvgIpc) is 2.49. The molecule has 0 bridgehead atoms. The topological polar surface area (TPSA) is 80.7 Å². The number of rotatable bonds is 6. The molecule has 0 heterocycles. The third-order valence-corrected chi connectivity index (χ3v) is 5.25. The fourth-order valence-corrected chi connectivity index (χ4v) is 3.71. The molecule has 1 atom stereocenters. The van der Waals surface area contributed by atoms with Crippen molar-refractivity contribution in [3.8, 4) is 0 Å². The first-order chi connectivity index (χ1) is 10.9. The van der Waals surface area contributed by atoms with Crippen LogP contribution in [0.2, 0.25) is 0 Å². The Hall–Kier alpha value is -1.69. The lowest BCUT2D eigenvalue weighted by Gasteiger charge is -2.25. The molecular formula is C17H22O5S. The summed E-state index contributed by atoms with van der Waals surface area (Å²) in [4.78, 5) is 22.8. The zero-order valence-electron chi connectivity index (χ0n) is 13.2. The lowest BCUT2D eigenvalue weighted by Crippen LogP contribution is -2.26. The lowest BCUT2D eigenvalue weighted by molar-refractivity contribution is -0.147. The maximum Gasteiger partial charge on any atom is 0.335 e. The van der Waals surface area contributed by atoms with Crippen molar-refractivity contribution < 1.29 is 23.6 Å². The summed E-state index contributed by atoms with van der Waals surface area (Å²) in [7, 11) is -1.40. The highest BCUT2D eigenvalue weighted by Crippen LogP contribution is 2.25. The minimum absolute atomic E-state index is 0.0500. The number of benzene rings is 1. The van der Waals surface area contributed by atoms with E-state index in [2.05, 4.69) is 6.92 Å². The number of carbonyl (C=O) groups is 2. The van der Waals surface area contributed by atoms with Gasteiger partial charge in [0.15, 0.2) is 0 Å². The Morgan fingerprint density at radius 1 is 1.26 bits per heavy atom. The van der Waals surface area contributed by atoms with Crippen molar-refractivity contribution in [2.45, 2.75) is 44.5 Å². The third kappa shape index (κ3) is 5.78. The first-order valence-electron chi connectivity index (χ1n) is 7.80. The van der Waals surface area contributed by atoms with Crippen LogP contribution < -0.4 is 0 Å². The molecule has 1 aliphatic rings. The summed E-state index contributed by atoms with van der Waals surface area (Å²) in [5.74, 6) is -0.775. The van der Waals surface area contributed by atoms with Crippen LogP contribution in [-0.4, -0.2) is 33.1 Å². The van der Waals surface area contributed by atoms with Crippen LogP contribution >= 0.6 is 0 Å². The summed E-state index contributed by atoms with van der Waals surface area (Å²) in [6.07, 6.45) is 3.82. The summed E-state index contributed by atoms with van der Waals surface area (Å²) in [6.45, 7) is 2.19. The summed E-state index contributed by atoms with van der Waals surface area (Å²) in [5.41, 5.74) is 0.793. The predicted molar refractivity (Wildman–Crippen MR) is 87.6 cm³/mol. The van der Waals surface area contributed by atoms with Gasteiger partial charge < -0.3 is 9.84 Å². The van der Waals surface area contributed by atoms with Gasteiger partial charge in [-0.1, -0.05) is 19.1 Å². The van der Waals surface area contributed by atoms with E-state index in [1.54, 1.807) is 12.1 Å². The highest BCUT2D eigenvalue weighted by atomic mass is 32.2. The number of aromatic carboxylic acids is 1. The van der Waals surface area contributed by atoms with Crippen LogP contribution in [-0.2, 0) is 26.1 Å². The number of hydrogen-bond donors (Lipinski definition) is 1. The third-order valence-electron chi connectivity index (χ3n) is 4.04. The fraction of sp³-hybridized carbons (Fsp3) is 0.529. The molecule has 0 radical (unpaired) electrons. The van der Waals surface area contributed by atoms with Crippen LogP contribution in [0.1, 0.15) is 48.5 Å². The predicted octanol–water partition coefficient (Wildman–Crippen LogP) is 2.76. The maximum absolute atomic E-state index is 12.1. The van der Waals surface area contributed by atoms with Gasteiger partial charge in [-0.3, -0.25) is 9.00 Å². The van der Waals surface area contributed by atoms with Crippen LogP contribution in [0.5, 0.6) is 0 Å². The van der Waals surface area contributed by atoms with E-state index in [1.807, 2.05) is 0 Å². The molecule has 1 aliphatic carbocycles. The molecule has 2 rings (SSSR count). The van der Waals surface area contributed by atoms with Crippen LogP contribution in [0.3, 0.4) is 0 Å². The molecule has 0 spiro atoms. The van der Waals surface area contributed by atoms with Gasteiger partial charge in [0.1, 0.15) is 11.9 Å². The molecule has 126 valence electrons. The van der Waals surface area contributed by atoms with Gasteiger partial charge in [-0.2, -0.15) is 0 Å². The monoisotopic (exact) mass is 338 g/mol. The number of hydrogen-bond acceptors (Lipinski definition) is 4. The van der Waals surface area contributed by atoms with Crippen molar-refractivity contribution in [2.24, 2.45) is 5.92 Å². The molecule has 1 aromatic rings. The van der Waals surface area contributed by atoms with Gasteiger partial charge in [0.05, 0.1) is 5.56 Å². The Kier molecular flexibility index (Phi) is 6.33. The van der Waals surface area contributed by atoms with Gasteiger partial charge >= 0.3 is 11.9 Å². The Balaban J connectivity index is 1.81. The van der Waals surface area contributed by atoms with E-state index in [1.165, 1.54) is 12.1 Å². The van der Waals surface area contributed by atoms with Crippen molar-refractivity contribution >= 4 is 22.7 Å². The molecule has 1 unspecified atom stereocenters. The molecular weight excluding hydrogens is 316 g/mol. The largest absolute Gasteiger partial charge is 0.478 e. The number of esters is 1. The molecule has 1 aromatic carbocycles. The second-order valence-electron chi connectivity index (χ2n) is 6.11. The van der Waals surface area contributed by atoms with Gasteiger partial charge in [0.25, 0.3) is 0 Å². The van der Waals surface area contributed by atoms with Crippen LogP contribution in [0.25, 0.3) is 0 Å². The summed E-state index contributed by atoms with van der Waals surface area (Å²) >= 11 is 0. The second kappa shape index (κ2) is 8.24. The smallest absolute Gasteiger partial charge is 0.335 e. The highest BCUT2D eigenvalue weighted by molar-refractivity contribution is 7.84. The minimum atomic E-state index is -1.40. The standard InChI is InChI=1S/C17H22O5S/c1-12-5-7-15(8-6-12)22-16(18)11-23(21)10-13-3-2-4-14(9-13)17(19)20/h2-4,9,12,15H,5-8,10-11H2,1H3,(H,19,20). The van der Waals surface area contributed by atoms with Crippen molar-refractivity contribution in [3.05, 3.63) is 35.4 Å². The molecule has 5 nitrogen and oxygen atoms in total. The molecule has 23 heavy (non-hydrogen) atoms. The molecule has 0 aromatic heterocycles. The Morgan fingerprint density at radius 3 is 2.61 bits per heavy atom. The maximum atomic E-state index is 12.1. The number of carboxylic acid groups (broad SMARTS) is 1. The van der Waals surface area contributed by atoms with Gasteiger partial charge in [-0.15, -0.1) is 0 Å². The van der Waals surface area contributed by atoms with Crippen LogP contribution in [0.15, 0.2) is 24.3 Å². The van der Waals surface area contributed by atoms with Gasteiger partial charge in [0.2, 0.25) is 0 Å². The van der Waals surface area contributed by atoms with E-state index in [-0.39, 0.29) is 23.2 Å². The second-order valence-corrected chi connectivity index (χ2v) is 7.56. The molecule has 1 saturated carbocycles. The first-order valence-corrected chi connectivity index (χ1v) is 9.29. The zero-order valence-corrected chi connectivity index (χ0v) is 14.0. The summed E-state index contributed by atoms with van der Waals surface area (Å²) < 4.78 is 17.4. The van der Waals surface area contributed by atoms with Crippen molar-refractivity contribution in [1.29, 1.82) is 0 Å². The van der Waals surface area contributed by atoms with E-state index >= 15 is 0 Å². The Morgan fingerprint density at radius 2 is 1.96 bits per heavy atom. The molecule has 6 heteroatoms. The minimum Gasteiger partial charge on any atom is -0.478 e. The van der Waals surface area contributed by atoms with E-state index in [4.69, 9.17) is 9.84 Å². The molecule has 0 saturated heterocycles. The van der Waals surface area contributed by atoms with Crippen LogP contribution in [0, 0.1) is 5.92 Å². The Bertz CT molecular complexity index is 590. The first kappa shape index (κ1) is 17.7. The number of carboxylic acids is 1. The van der Waals surface area contributed by atoms with Crippen molar-refractivity contribution in [1.82, 2.24) is 0 Å². The van der Waals surface area contributed by atoms with Gasteiger partial charge in [-0.25, -0.2) is 4.79 Å². The SMILES string of the molecule is CC1CCC(OC(=O)CS(=O)Cc2cccc(C(=O)O)c2)CC1. The highest BCUT2D eigenvalue weighted by Gasteiger charge is 2.22. The van der Waals surface area contributed by atoms with Crippen LogP contribution in [0.4, 0.5) is 0 Å². The van der Waals surface area contributed by atoms with E-state index in [9.17, 15) is 13.8 Å². The molecule has 0 aliphatic heterocycles. The summed E-state index contributed by atoms with van der Waals surface area (Å²) in [5, 5.41) is 8.94. The molecule has 1 fully saturated rings. The van der Waals surface area contributed by atoms with E-state index < -0.39 is 22.7 Å². The van der Waals surface area contributed by atoms with E-state index in [0.29, 0.717) is 11.5 Å². The van der Waals surface area contributed by atoms with E-state index in [0.717, 1.165) is 25.7 Å². The van der Waals surface area contributed by atoms with Crippen molar-refractivity contribution in [2.75, 3.05) is 5.75 Å². The average molecular weight is 338 g/mol.